The van der Waals surface area contributed by atoms with Crippen molar-refractivity contribution in [1.29, 1.82) is 0 Å². The molecule has 0 aromatic heterocycles. The van der Waals surface area contributed by atoms with E-state index in [2.05, 4.69) is 0 Å². The fourth-order valence-corrected chi connectivity index (χ4v) is 1.25. The fraction of sp³-hybridized carbons (Fsp3) is 0.273. The molecule has 0 spiro atoms. The van der Waals surface area contributed by atoms with Gasteiger partial charge in [-0.15, -0.1) is 0 Å². The molecule has 0 heterocycles. The molecule has 1 aromatic carbocycles. The van der Waals surface area contributed by atoms with Gasteiger partial charge >= 0.3 is 0 Å². The monoisotopic (exact) mass is 206 g/mol. The Morgan fingerprint density at radius 3 is 2.40 bits per heavy atom. The Morgan fingerprint density at radius 1 is 1.13 bits per heavy atom. The van der Waals surface area contributed by atoms with Crippen molar-refractivity contribution in [3.63, 3.8) is 0 Å². The molecule has 4 nitrogen and oxygen atoms in total. The number of hydrogen-bond donors (Lipinski definition) is 2. The van der Waals surface area contributed by atoms with Crippen LogP contribution in [0.1, 0.15) is 29.6 Å². The van der Waals surface area contributed by atoms with Gasteiger partial charge in [0.2, 0.25) is 5.91 Å². The van der Waals surface area contributed by atoms with Crippen molar-refractivity contribution in [2.45, 2.75) is 19.3 Å². The largest absolute Gasteiger partial charge is 0.294 e. The molecule has 0 saturated heterocycles. The van der Waals surface area contributed by atoms with Gasteiger partial charge in [0.05, 0.1) is 0 Å². The third kappa shape index (κ3) is 3.91. The van der Waals surface area contributed by atoms with Gasteiger partial charge in [0.15, 0.2) is 5.78 Å². The molecule has 0 fully saturated rings. The van der Waals surface area contributed by atoms with E-state index in [4.69, 9.17) is 5.84 Å². The minimum atomic E-state index is -0.240. The Balaban J connectivity index is 2.34. The van der Waals surface area contributed by atoms with Crippen LogP contribution in [0, 0.1) is 0 Å². The zero-order valence-electron chi connectivity index (χ0n) is 8.40. The molecule has 80 valence electrons. The standard InChI is InChI=1S/C11H14N2O2/c12-13-11(15)8-4-7-10(14)9-5-2-1-3-6-9/h1-3,5-6H,4,7-8,12H2,(H,13,15). The van der Waals surface area contributed by atoms with Crippen LogP contribution >= 0.6 is 0 Å². The first-order chi connectivity index (χ1) is 7.24. The number of amides is 1. The molecule has 0 aliphatic rings. The second-order valence-corrected chi connectivity index (χ2v) is 3.21. The molecule has 4 heteroatoms. The molecule has 0 aliphatic heterocycles. The number of nitrogens with one attached hydrogen (secondary N) is 1. The van der Waals surface area contributed by atoms with Crippen molar-refractivity contribution in [2.75, 3.05) is 0 Å². The van der Waals surface area contributed by atoms with E-state index in [0.29, 0.717) is 18.4 Å². The Bertz CT molecular complexity index is 336. The van der Waals surface area contributed by atoms with Gasteiger partial charge in [0.1, 0.15) is 0 Å². The van der Waals surface area contributed by atoms with E-state index in [9.17, 15) is 9.59 Å². The number of ketones is 1. The quantitative estimate of drug-likeness (QED) is 0.327. The molecule has 0 unspecified atom stereocenters. The van der Waals surface area contributed by atoms with E-state index in [1.807, 2.05) is 23.6 Å². The third-order valence-corrected chi connectivity index (χ3v) is 2.06. The Labute approximate surface area is 88.4 Å². The highest BCUT2D eigenvalue weighted by Crippen LogP contribution is 2.06. The van der Waals surface area contributed by atoms with Crippen LogP contribution in [-0.2, 0) is 4.79 Å². The number of carbonyl (C=O) groups excluding carboxylic acids is 2. The van der Waals surface area contributed by atoms with Gasteiger partial charge in [-0.3, -0.25) is 15.0 Å². The second kappa shape index (κ2) is 5.93. The summed E-state index contributed by atoms with van der Waals surface area (Å²) in [6.45, 7) is 0. The lowest BCUT2D eigenvalue weighted by molar-refractivity contribution is -0.121. The van der Waals surface area contributed by atoms with E-state index in [-0.39, 0.29) is 18.1 Å². The molecule has 1 rings (SSSR count). The van der Waals surface area contributed by atoms with Gasteiger partial charge in [0.25, 0.3) is 0 Å². The van der Waals surface area contributed by atoms with Gasteiger partial charge < -0.3 is 0 Å². The maximum atomic E-state index is 11.6. The lowest BCUT2D eigenvalue weighted by Crippen LogP contribution is -2.29. The van der Waals surface area contributed by atoms with Crippen molar-refractivity contribution >= 4 is 11.7 Å². The van der Waals surface area contributed by atoms with E-state index in [1.54, 1.807) is 12.1 Å². The summed E-state index contributed by atoms with van der Waals surface area (Å²) in [5, 5.41) is 0. The Hall–Kier alpha value is -1.68. The van der Waals surface area contributed by atoms with E-state index in [1.165, 1.54) is 0 Å². The molecule has 1 aromatic rings. The van der Waals surface area contributed by atoms with Crippen LogP contribution in [0.2, 0.25) is 0 Å². The summed E-state index contributed by atoms with van der Waals surface area (Å²) in [7, 11) is 0. The number of hydrogen-bond acceptors (Lipinski definition) is 3. The normalized spacial score (nSPS) is 9.67. The zero-order chi connectivity index (χ0) is 11.1. The summed E-state index contributed by atoms with van der Waals surface area (Å²) >= 11 is 0. The smallest absolute Gasteiger partial charge is 0.233 e. The van der Waals surface area contributed by atoms with Crippen LogP contribution in [0.25, 0.3) is 0 Å². The molecule has 3 N–H and O–H groups in total. The molecule has 15 heavy (non-hydrogen) atoms. The molecule has 0 atom stereocenters. The topological polar surface area (TPSA) is 72.2 Å². The van der Waals surface area contributed by atoms with Gasteiger partial charge in [-0.05, 0) is 6.42 Å². The second-order valence-electron chi connectivity index (χ2n) is 3.21. The molecule has 0 aliphatic carbocycles. The number of rotatable bonds is 5. The van der Waals surface area contributed by atoms with Crippen molar-refractivity contribution < 1.29 is 9.59 Å². The lowest BCUT2D eigenvalue weighted by Gasteiger charge is -2.00. The summed E-state index contributed by atoms with van der Waals surface area (Å²) in [6, 6.07) is 9.04. The van der Waals surface area contributed by atoms with E-state index >= 15 is 0 Å². The maximum Gasteiger partial charge on any atom is 0.233 e. The van der Waals surface area contributed by atoms with Crippen molar-refractivity contribution in [1.82, 2.24) is 5.43 Å². The SMILES string of the molecule is NNC(=O)CCCC(=O)c1ccccc1. The van der Waals surface area contributed by atoms with Gasteiger partial charge in [-0.1, -0.05) is 30.3 Å². The highest BCUT2D eigenvalue weighted by molar-refractivity contribution is 5.96. The van der Waals surface area contributed by atoms with Crippen molar-refractivity contribution in [3.05, 3.63) is 35.9 Å². The lowest BCUT2D eigenvalue weighted by atomic mass is 10.1. The van der Waals surface area contributed by atoms with E-state index < -0.39 is 0 Å². The highest BCUT2D eigenvalue weighted by atomic mass is 16.2. The summed E-state index contributed by atoms with van der Waals surface area (Å²) in [5.74, 6) is 4.73. The van der Waals surface area contributed by atoms with Crippen LogP contribution in [0.15, 0.2) is 30.3 Å². The molecule has 0 bridgehead atoms. The Morgan fingerprint density at radius 2 is 1.80 bits per heavy atom. The molecule has 0 radical (unpaired) electrons. The zero-order valence-corrected chi connectivity index (χ0v) is 8.40. The van der Waals surface area contributed by atoms with Crippen LogP contribution in [0.3, 0.4) is 0 Å². The van der Waals surface area contributed by atoms with Gasteiger partial charge in [-0.2, -0.15) is 0 Å². The number of benzene rings is 1. The van der Waals surface area contributed by atoms with Gasteiger partial charge in [0, 0.05) is 18.4 Å². The van der Waals surface area contributed by atoms with Crippen molar-refractivity contribution in [3.8, 4) is 0 Å². The average Bonchev–Trinajstić information content (AvgIpc) is 2.29. The van der Waals surface area contributed by atoms with Gasteiger partial charge in [-0.25, -0.2) is 5.84 Å². The third-order valence-electron chi connectivity index (χ3n) is 2.06. The highest BCUT2D eigenvalue weighted by Gasteiger charge is 2.05. The number of Topliss-reactive ketones (excluding diaryl/α,β-unsaturated/α-hetero) is 1. The minimum Gasteiger partial charge on any atom is -0.294 e. The van der Waals surface area contributed by atoms with Crippen LogP contribution in [-0.4, -0.2) is 11.7 Å². The Kier molecular flexibility index (Phi) is 4.50. The summed E-state index contributed by atoms with van der Waals surface area (Å²) < 4.78 is 0. The molecular formula is C11H14N2O2. The first-order valence-corrected chi connectivity index (χ1v) is 4.81. The first kappa shape index (κ1) is 11.4. The minimum absolute atomic E-state index is 0.0559. The molecular weight excluding hydrogens is 192 g/mol. The van der Waals surface area contributed by atoms with Crippen LogP contribution < -0.4 is 11.3 Å². The van der Waals surface area contributed by atoms with Crippen LogP contribution in [0.4, 0.5) is 0 Å². The summed E-state index contributed by atoms with van der Waals surface area (Å²) in [4.78, 5) is 22.3. The average molecular weight is 206 g/mol. The van der Waals surface area contributed by atoms with Crippen molar-refractivity contribution in [2.24, 2.45) is 5.84 Å². The molecule has 0 saturated carbocycles. The summed E-state index contributed by atoms with van der Waals surface area (Å²) in [6.07, 6.45) is 1.18. The summed E-state index contributed by atoms with van der Waals surface area (Å²) in [5.41, 5.74) is 2.71. The van der Waals surface area contributed by atoms with E-state index in [0.717, 1.165) is 0 Å². The number of carbonyl (C=O) groups is 2. The predicted octanol–water partition coefficient (Wildman–Crippen LogP) is 1.03. The fourth-order valence-electron chi connectivity index (χ4n) is 1.25. The predicted molar refractivity (Wildman–Crippen MR) is 57.0 cm³/mol. The number of hydrazine groups is 1. The van der Waals surface area contributed by atoms with Crippen LogP contribution in [0.5, 0.6) is 0 Å². The number of nitrogens with two attached hydrogens (primary N) is 1. The molecule has 1 amide bonds. The first-order valence-electron chi connectivity index (χ1n) is 4.81. The maximum absolute atomic E-state index is 11.6.